The molecule has 50 valence electrons. The first-order valence-electron chi connectivity index (χ1n) is 3.22. The lowest BCUT2D eigenvalue weighted by molar-refractivity contribution is -0.338. The normalized spacial score (nSPS) is 10.5. The molecule has 0 unspecified atom stereocenters. The molecule has 0 radical (unpaired) electrons. The van der Waals surface area contributed by atoms with Gasteiger partial charge in [0.1, 0.15) is 4.70 Å². The molecule has 1 aromatic heterocycles. The number of rotatable bonds is 0. The van der Waals surface area contributed by atoms with Crippen molar-refractivity contribution >= 4 is 21.6 Å². The van der Waals surface area contributed by atoms with Gasteiger partial charge >= 0.3 is 0 Å². The number of aryl methyl sites for hydroxylation is 1. The zero-order chi connectivity index (χ0) is 6.97. The molecule has 0 aliphatic rings. The summed E-state index contributed by atoms with van der Waals surface area (Å²) in [4.78, 5) is 3.18. The fourth-order valence-corrected chi connectivity index (χ4v) is 1.72. The first kappa shape index (κ1) is 5.86. The predicted molar refractivity (Wildman–Crippen MR) is 43.1 cm³/mol. The van der Waals surface area contributed by atoms with Crippen LogP contribution >= 0.6 is 11.3 Å². The highest BCUT2D eigenvalue weighted by Crippen LogP contribution is 2.14. The molecule has 0 bridgehead atoms. The Morgan fingerprint density at radius 3 is 3.20 bits per heavy atom. The molecule has 0 amide bonds. The third kappa shape index (κ3) is 0.809. The van der Waals surface area contributed by atoms with Gasteiger partial charge < -0.3 is 0 Å². The molecule has 0 spiro atoms. The summed E-state index contributed by atoms with van der Waals surface area (Å²) in [5.41, 5.74) is 4.55. The lowest BCUT2D eigenvalue weighted by Crippen LogP contribution is -1.93. The molecule has 1 nitrogen and oxygen atoms in total. The summed E-state index contributed by atoms with van der Waals surface area (Å²) >= 11 is 1.74. The second-order valence-corrected chi connectivity index (χ2v) is 3.29. The zero-order valence-electron chi connectivity index (χ0n) is 5.72. The second-order valence-electron chi connectivity index (χ2n) is 2.38. The zero-order valence-corrected chi connectivity index (χ0v) is 6.53. The van der Waals surface area contributed by atoms with Gasteiger partial charge in [-0.25, -0.2) is 4.98 Å². The van der Waals surface area contributed by atoms with E-state index < -0.39 is 0 Å². The molecule has 1 N–H and O–H groups in total. The number of hydrogen-bond donors (Lipinski definition) is 0. The molecule has 0 atom stereocenters. The largest absolute Gasteiger partial charge is 0.224 e. The van der Waals surface area contributed by atoms with Gasteiger partial charge in [0.05, 0.1) is 0 Å². The Morgan fingerprint density at radius 1 is 1.40 bits per heavy atom. The van der Waals surface area contributed by atoms with Gasteiger partial charge in [0.15, 0.2) is 0 Å². The van der Waals surface area contributed by atoms with Gasteiger partial charge in [-0.15, -0.1) is 0 Å². The minimum absolute atomic E-state index is 1.24. The van der Waals surface area contributed by atoms with E-state index in [4.69, 9.17) is 0 Å². The van der Waals surface area contributed by atoms with Crippen LogP contribution in [0.1, 0.15) is 5.56 Å². The molecule has 0 saturated carbocycles. The van der Waals surface area contributed by atoms with Gasteiger partial charge in [0, 0.05) is 6.07 Å². The van der Waals surface area contributed by atoms with Gasteiger partial charge in [-0.05, 0) is 18.6 Å². The maximum atomic E-state index is 3.18. The fourth-order valence-electron chi connectivity index (χ4n) is 1.02. The van der Waals surface area contributed by atoms with Crippen LogP contribution in [0.5, 0.6) is 0 Å². The number of thiazole rings is 1. The summed E-state index contributed by atoms with van der Waals surface area (Å²) in [6, 6.07) is 6.43. The van der Waals surface area contributed by atoms with Crippen LogP contribution < -0.4 is 4.98 Å². The molecule has 10 heavy (non-hydrogen) atoms. The summed E-state index contributed by atoms with van der Waals surface area (Å²) in [6.07, 6.45) is 0. The number of benzene rings is 1. The van der Waals surface area contributed by atoms with Crippen molar-refractivity contribution in [1.29, 1.82) is 0 Å². The molecule has 0 fully saturated rings. The van der Waals surface area contributed by atoms with Crippen LogP contribution in [0.4, 0.5) is 0 Å². The van der Waals surface area contributed by atoms with E-state index in [1.807, 2.05) is 5.51 Å². The Hall–Kier alpha value is -0.890. The van der Waals surface area contributed by atoms with Gasteiger partial charge in [-0.3, -0.25) is 0 Å². The molecule has 2 heteroatoms. The van der Waals surface area contributed by atoms with Crippen molar-refractivity contribution in [2.75, 3.05) is 0 Å². The van der Waals surface area contributed by atoms with Crippen LogP contribution in [-0.2, 0) is 0 Å². The van der Waals surface area contributed by atoms with Crippen molar-refractivity contribution in [3.8, 4) is 0 Å². The number of aromatic nitrogens is 1. The first-order chi connectivity index (χ1) is 4.86. The number of nitrogens with one attached hydrogen (secondary N) is 1. The molecule has 1 aromatic carbocycles. The van der Waals surface area contributed by atoms with Crippen LogP contribution in [-0.4, -0.2) is 0 Å². The molecule has 0 aliphatic heterocycles. The highest BCUT2D eigenvalue weighted by atomic mass is 32.1. The van der Waals surface area contributed by atoms with Crippen LogP contribution in [0, 0.1) is 6.92 Å². The quantitative estimate of drug-likeness (QED) is 0.545. The molecule has 2 rings (SSSR count). The fraction of sp³-hybridized carbons (Fsp3) is 0.125. The van der Waals surface area contributed by atoms with Gasteiger partial charge in [0.25, 0.3) is 0 Å². The van der Waals surface area contributed by atoms with Crippen LogP contribution in [0.25, 0.3) is 10.2 Å². The van der Waals surface area contributed by atoms with E-state index in [1.165, 1.54) is 15.8 Å². The van der Waals surface area contributed by atoms with Crippen LogP contribution in [0.2, 0.25) is 0 Å². The lowest BCUT2D eigenvalue weighted by atomic mass is 10.2. The van der Waals surface area contributed by atoms with Crippen molar-refractivity contribution in [3.63, 3.8) is 0 Å². The van der Waals surface area contributed by atoms with E-state index in [1.54, 1.807) is 11.3 Å². The molecule has 1 heterocycles. The minimum Gasteiger partial charge on any atom is -0.201 e. The number of aromatic amines is 1. The van der Waals surface area contributed by atoms with E-state index in [0.29, 0.717) is 0 Å². The van der Waals surface area contributed by atoms with Crippen molar-refractivity contribution in [3.05, 3.63) is 29.3 Å². The Balaban J connectivity index is 2.86. The highest BCUT2D eigenvalue weighted by Gasteiger charge is 1.99. The summed E-state index contributed by atoms with van der Waals surface area (Å²) < 4.78 is 1.32. The Labute approximate surface area is 63.3 Å². The van der Waals surface area contributed by atoms with Crippen molar-refractivity contribution in [1.82, 2.24) is 0 Å². The SMILES string of the molecule is Cc1ccc2sc[nH+]c2c1. The van der Waals surface area contributed by atoms with Gasteiger partial charge in [-0.1, -0.05) is 17.4 Å². The summed E-state index contributed by atoms with van der Waals surface area (Å²) in [6.45, 7) is 2.10. The molecular formula is C8H8NS+. The monoisotopic (exact) mass is 150 g/mol. The maximum absolute atomic E-state index is 3.18. The maximum Gasteiger partial charge on any atom is 0.224 e. The van der Waals surface area contributed by atoms with E-state index in [0.717, 1.165) is 0 Å². The van der Waals surface area contributed by atoms with Crippen molar-refractivity contribution < 1.29 is 4.98 Å². The van der Waals surface area contributed by atoms with Gasteiger partial charge in [0.2, 0.25) is 11.0 Å². The molecule has 2 aromatic rings. The highest BCUT2D eigenvalue weighted by molar-refractivity contribution is 7.16. The second kappa shape index (κ2) is 2.06. The Bertz CT molecular complexity index is 351. The van der Waals surface area contributed by atoms with Crippen molar-refractivity contribution in [2.24, 2.45) is 0 Å². The summed E-state index contributed by atoms with van der Waals surface area (Å²) in [7, 11) is 0. The third-order valence-corrected chi connectivity index (χ3v) is 2.38. The van der Waals surface area contributed by atoms with E-state index in [9.17, 15) is 0 Å². The molecular weight excluding hydrogens is 142 g/mol. The van der Waals surface area contributed by atoms with Crippen LogP contribution in [0.3, 0.4) is 0 Å². The lowest BCUT2D eigenvalue weighted by Gasteiger charge is -1.84. The Morgan fingerprint density at radius 2 is 2.30 bits per heavy atom. The molecule has 0 saturated heterocycles. The number of hydrogen-bond acceptors (Lipinski definition) is 1. The minimum atomic E-state index is 1.24. The topological polar surface area (TPSA) is 14.1 Å². The third-order valence-electron chi connectivity index (χ3n) is 1.54. The van der Waals surface area contributed by atoms with Gasteiger partial charge in [-0.2, -0.15) is 0 Å². The Kier molecular flexibility index (Phi) is 1.21. The summed E-state index contributed by atoms with van der Waals surface area (Å²) in [5.74, 6) is 0. The summed E-state index contributed by atoms with van der Waals surface area (Å²) in [5, 5.41) is 0. The smallest absolute Gasteiger partial charge is 0.201 e. The van der Waals surface area contributed by atoms with Crippen LogP contribution in [0.15, 0.2) is 23.7 Å². The number of H-pyrrole nitrogens is 1. The average Bonchev–Trinajstić information content (AvgIpc) is 2.33. The van der Waals surface area contributed by atoms with E-state index >= 15 is 0 Å². The predicted octanol–water partition coefficient (Wildman–Crippen LogP) is 2.02. The van der Waals surface area contributed by atoms with E-state index in [2.05, 4.69) is 30.1 Å². The first-order valence-corrected chi connectivity index (χ1v) is 4.10. The average molecular weight is 150 g/mol. The molecule has 0 aliphatic carbocycles. The standard InChI is InChI=1S/C8H7NS/c1-6-2-3-8-7(4-6)9-5-10-8/h2-5H,1H3/p+1. The number of fused-ring (bicyclic) bond motifs is 1. The van der Waals surface area contributed by atoms with Crippen molar-refractivity contribution in [2.45, 2.75) is 6.92 Å². The van der Waals surface area contributed by atoms with E-state index in [-0.39, 0.29) is 0 Å².